The van der Waals surface area contributed by atoms with Crippen molar-refractivity contribution in [3.05, 3.63) is 98.7 Å². The number of benzene rings is 3. The molecule has 4 aromatic rings. The van der Waals surface area contributed by atoms with E-state index in [-0.39, 0.29) is 41.8 Å². The number of nitrogens with one attached hydrogen (secondary N) is 2. The summed E-state index contributed by atoms with van der Waals surface area (Å²) >= 11 is 0. The van der Waals surface area contributed by atoms with Crippen molar-refractivity contribution >= 4 is 28.4 Å². The van der Waals surface area contributed by atoms with Gasteiger partial charge in [0.1, 0.15) is 6.54 Å². The van der Waals surface area contributed by atoms with Crippen LogP contribution in [-0.2, 0) is 17.9 Å². The number of nitrogens with zero attached hydrogens (tertiary/aromatic N) is 2. The molecule has 1 heterocycles. The maximum absolute atomic E-state index is 13.6. The number of methoxy groups -OCH3 is 2. The molecule has 1 aromatic heterocycles. The average Bonchev–Trinajstić information content (AvgIpc) is 2.97. The first-order valence-electron chi connectivity index (χ1n) is 12.9. The Morgan fingerprint density at radius 2 is 1.55 bits per heavy atom. The minimum Gasteiger partial charge on any atom is -0.493 e. The summed E-state index contributed by atoms with van der Waals surface area (Å²) in [6.45, 7) is 3.47. The molecule has 0 saturated carbocycles. The number of ether oxygens (including phenoxy) is 2. The second-order valence-electron chi connectivity index (χ2n) is 9.38. The normalized spacial score (nSPS) is 11.6. The van der Waals surface area contributed by atoms with Crippen molar-refractivity contribution in [3.63, 3.8) is 0 Å². The molecule has 0 aliphatic heterocycles. The van der Waals surface area contributed by atoms with E-state index < -0.39 is 11.2 Å². The first kappa shape index (κ1) is 28.2. The number of aromatic nitrogens is 2. The molecule has 0 aliphatic carbocycles. The Morgan fingerprint density at radius 3 is 2.17 bits per heavy atom. The predicted molar refractivity (Wildman–Crippen MR) is 153 cm³/mol. The molecule has 3 aromatic carbocycles. The Kier molecular flexibility index (Phi) is 8.68. The first-order chi connectivity index (χ1) is 19.2. The van der Waals surface area contributed by atoms with Gasteiger partial charge in [-0.1, -0.05) is 37.3 Å². The monoisotopic (exact) mass is 544 g/mol. The van der Waals surface area contributed by atoms with Crippen LogP contribution in [0.4, 0.5) is 5.69 Å². The van der Waals surface area contributed by atoms with E-state index in [1.54, 1.807) is 36.4 Å². The van der Waals surface area contributed by atoms with Crippen LogP contribution < -0.4 is 31.4 Å². The van der Waals surface area contributed by atoms with E-state index in [0.29, 0.717) is 28.3 Å². The van der Waals surface area contributed by atoms with E-state index >= 15 is 0 Å². The fourth-order valence-corrected chi connectivity index (χ4v) is 4.27. The quantitative estimate of drug-likeness (QED) is 0.316. The van der Waals surface area contributed by atoms with Crippen molar-refractivity contribution in [2.24, 2.45) is 0 Å². The topological polar surface area (TPSA) is 121 Å². The van der Waals surface area contributed by atoms with Crippen LogP contribution in [0.25, 0.3) is 10.9 Å². The van der Waals surface area contributed by atoms with Crippen LogP contribution in [0.3, 0.4) is 0 Å². The zero-order chi connectivity index (χ0) is 28.8. The lowest BCUT2D eigenvalue weighted by Crippen LogP contribution is -2.44. The lowest BCUT2D eigenvalue weighted by Gasteiger charge is -2.17. The molecule has 2 amide bonds. The highest BCUT2D eigenvalue weighted by Gasteiger charge is 2.19. The maximum Gasteiger partial charge on any atom is 0.332 e. The standard InChI is InChI=1S/C30H32N4O6/c1-5-19(2)31-27(35)18-33-24-16-26(40-4)25(39-3)15-23(24)29(37)34(30(33)38)17-20-11-13-21(14-12-20)28(36)32-22-9-7-6-8-10-22/h6-16,19H,5,17-18H2,1-4H3,(H,31,35)(H,32,36). The van der Waals surface area contributed by atoms with Gasteiger partial charge < -0.3 is 20.1 Å². The highest BCUT2D eigenvalue weighted by atomic mass is 16.5. The summed E-state index contributed by atoms with van der Waals surface area (Å²) in [4.78, 5) is 52.6. The molecule has 10 nitrogen and oxygen atoms in total. The molecule has 0 radical (unpaired) electrons. The fourth-order valence-electron chi connectivity index (χ4n) is 4.27. The largest absolute Gasteiger partial charge is 0.493 e. The highest BCUT2D eigenvalue weighted by molar-refractivity contribution is 6.04. The molecule has 2 N–H and O–H groups in total. The number of hydrogen-bond donors (Lipinski definition) is 2. The number of carbonyl (C=O) groups excluding carboxylic acids is 2. The lowest BCUT2D eigenvalue weighted by atomic mass is 10.1. The van der Waals surface area contributed by atoms with E-state index in [1.165, 1.54) is 30.9 Å². The van der Waals surface area contributed by atoms with Crippen LogP contribution >= 0.6 is 0 Å². The minimum atomic E-state index is -0.644. The van der Waals surface area contributed by atoms with Crippen molar-refractivity contribution in [1.29, 1.82) is 0 Å². The van der Waals surface area contributed by atoms with Crippen LogP contribution in [0.15, 0.2) is 76.3 Å². The average molecular weight is 545 g/mol. The van der Waals surface area contributed by atoms with Crippen molar-refractivity contribution in [2.75, 3.05) is 19.5 Å². The lowest BCUT2D eigenvalue weighted by molar-refractivity contribution is -0.122. The van der Waals surface area contributed by atoms with Gasteiger partial charge in [-0.3, -0.25) is 23.5 Å². The molecule has 0 spiro atoms. The Bertz CT molecular complexity index is 1640. The summed E-state index contributed by atoms with van der Waals surface area (Å²) in [6.07, 6.45) is 0.727. The van der Waals surface area contributed by atoms with Crippen molar-refractivity contribution in [1.82, 2.24) is 14.5 Å². The van der Waals surface area contributed by atoms with Crippen molar-refractivity contribution in [3.8, 4) is 11.5 Å². The van der Waals surface area contributed by atoms with Crippen molar-refractivity contribution < 1.29 is 19.1 Å². The molecule has 0 saturated heterocycles. The summed E-state index contributed by atoms with van der Waals surface area (Å²) in [7, 11) is 2.90. The second-order valence-corrected chi connectivity index (χ2v) is 9.38. The zero-order valence-corrected chi connectivity index (χ0v) is 22.9. The summed E-state index contributed by atoms with van der Waals surface area (Å²) in [5, 5.41) is 5.88. The third-order valence-corrected chi connectivity index (χ3v) is 6.64. The SMILES string of the molecule is CCC(C)NC(=O)Cn1c(=O)n(Cc2ccc(C(=O)Nc3ccccc3)cc2)c(=O)c2cc(OC)c(OC)cc21. The number of carbonyl (C=O) groups is 2. The number of fused-ring (bicyclic) bond motifs is 1. The number of anilines is 1. The van der Waals surface area contributed by atoms with Gasteiger partial charge in [-0.25, -0.2) is 4.79 Å². The molecule has 1 unspecified atom stereocenters. The van der Waals surface area contributed by atoms with Gasteiger partial charge in [0, 0.05) is 23.4 Å². The number of rotatable bonds is 10. The molecule has 10 heteroatoms. The van der Waals surface area contributed by atoms with Crippen LogP contribution in [0.5, 0.6) is 11.5 Å². The summed E-state index contributed by atoms with van der Waals surface area (Å²) in [5.41, 5.74) is 0.807. The molecule has 40 heavy (non-hydrogen) atoms. The second kappa shape index (κ2) is 12.3. The molecule has 0 aliphatic rings. The van der Waals surface area contributed by atoms with E-state index in [1.807, 2.05) is 32.0 Å². The Labute approximate surface area is 231 Å². The Morgan fingerprint density at radius 1 is 0.900 bits per heavy atom. The van der Waals surface area contributed by atoms with Crippen LogP contribution in [0.1, 0.15) is 36.2 Å². The number of hydrogen-bond acceptors (Lipinski definition) is 6. The highest BCUT2D eigenvalue weighted by Crippen LogP contribution is 2.30. The van der Waals surface area contributed by atoms with Gasteiger partial charge in [0.2, 0.25) is 5.91 Å². The van der Waals surface area contributed by atoms with Crippen LogP contribution in [-0.4, -0.2) is 41.2 Å². The Hall–Kier alpha value is -4.86. The third kappa shape index (κ3) is 6.06. The molecular formula is C30H32N4O6. The molecule has 1 atom stereocenters. The smallest absolute Gasteiger partial charge is 0.332 e. The van der Waals surface area contributed by atoms with Gasteiger partial charge in [0.15, 0.2) is 11.5 Å². The summed E-state index contributed by atoms with van der Waals surface area (Å²) < 4.78 is 13.1. The third-order valence-electron chi connectivity index (χ3n) is 6.64. The van der Waals surface area contributed by atoms with Crippen LogP contribution in [0.2, 0.25) is 0 Å². The first-order valence-corrected chi connectivity index (χ1v) is 12.9. The van der Waals surface area contributed by atoms with Crippen LogP contribution in [0, 0.1) is 0 Å². The molecule has 0 fully saturated rings. The molecule has 4 rings (SSSR count). The molecule has 0 bridgehead atoms. The zero-order valence-electron chi connectivity index (χ0n) is 22.9. The van der Waals surface area contributed by atoms with Gasteiger partial charge in [-0.05, 0) is 49.2 Å². The maximum atomic E-state index is 13.6. The minimum absolute atomic E-state index is 0.0600. The number of amides is 2. The molecule has 208 valence electrons. The van der Waals surface area contributed by atoms with Gasteiger partial charge >= 0.3 is 5.69 Å². The fraction of sp³-hybridized carbons (Fsp3) is 0.267. The predicted octanol–water partition coefficient (Wildman–Crippen LogP) is 3.40. The van der Waals surface area contributed by atoms with Crippen molar-refractivity contribution in [2.45, 2.75) is 39.4 Å². The summed E-state index contributed by atoms with van der Waals surface area (Å²) in [5.74, 6) is 0.0107. The summed E-state index contributed by atoms with van der Waals surface area (Å²) in [6, 6.07) is 18.7. The van der Waals surface area contributed by atoms with E-state index in [0.717, 1.165) is 11.0 Å². The molecular weight excluding hydrogens is 512 g/mol. The van der Waals surface area contributed by atoms with Gasteiger partial charge in [0.05, 0.1) is 31.7 Å². The van der Waals surface area contributed by atoms with E-state index in [2.05, 4.69) is 10.6 Å². The van der Waals surface area contributed by atoms with E-state index in [9.17, 15) is 19.2 Å². The van der Waals surface area contributed by atoms with Gasteiger partial charge in [-0.15, -0.1) is 0 Å². The Balaban J connectivity index is 1.72. The van der Waals surface area contributed by atoms with Gasteiger partial charge in [0.25, 0.3) is 11.5 Å². The number of para-hydroxylation sites is 1. The van der Waals surface area contributed by atoms with Gasteiger partial charge in [-0.2, -0.15) is 0 Å². The van der Waals surface area contributed by atoms with E-state index in [4.69, 9.17) is 9.47 Å².